The summed E-state index contributed by atoms with van der Waals surface area (Å²) in [5.74, 6) is 0. The minimum absolute atomic E-state index is 0.185. The quantitative estimate of drug-likeness (QED) is 0.164. The SMILES string of the molecule is CC1(C)c2ccccc2-c2ccc(N(c3ccc4c(c3)C(C)(C)c3ccccc3-4)c3cccc4c3-c3ccccc3C43c4ccccc4-c4c(N(c5ccc6c(c5)C(C)(C)c5ccccc5-6)c5ccc6c(c5)C(C)(C)c5ccccc5-6)cccc43)cc21. The van der Waals surface area contributed by atoms with Gasteiger partial charge < -0.3 is 9.80 Å². The van der Waals surface area contributed by atoms with Gasteiger partial charge in [-0.15, -0.1) is 0 Å². The Bertz CT molecular complexity index is 4490. The minimum Gasteiger partial charge on any atom is -0.310 e. The van der Waals surface area contributed by atoms with Crippen LogP contribution in [0.2, 0.25) is 0 Å². The Kier molecular flexibility index (Phi) is 10.0. The summed E-state index contributed by atoms with van der Waals surface area (Å²) in [6.45, 7) is 19.2. The lowest BCUT2D eigenvalue weighted by molar-refractivity contribution is 0.659. The number of nitrogens with zero attached hydrogens (tertiary/aromatic N) is 2. The van der Waals surface area contributed by atoms with Gasteiger partial charge in [-0.3, -0.25) is 0 Å². The van der Waals surface area contributed by atoms with Gasteiger partial charge in [-0.05, 0) is 183 Å². The van der Waals surface area contributed by atoms with E-state index in [1.807, 2.05) is 0 Å². The molecule has 0 fully saturated rings. The van der Waals surface area contributed by atoms with E-state index in [-0.39, 0.29) is 21.7 Å². The van der Waals surface area contributed by atoms with Crippen LogP contribution in [0.4, 0.5) is 34.1 Å². The van der Waals surface area contributed by atoms with E-state index in [0.717, 1.165) is 22.7 Å². The fraction of sp³-hybridized carbons (Fsp3) is 0.153. The van der Waals surface area contributed by atoms with E-state index >= 15 is 0 Å². The van der Waals surface area contributed by atoms with Crippen molar-refractivity contribution in [3.05, 3.63) is 322 Å². The van der Waals surface area contributed by atoms with Crippen LogP contribution in [0.25, 0.3) is 66.8 Å². The molecule has 0 bridgehead atoms. The van der Waals surface area contributed by atoms with E-state index in [4.69, 9.17) is 0 Å². The van der Waals surface area contributed by atoms with E-state index in [0.29, 0.717) is 0 Å². The molecule has 0 N–H and O–H groups in total. The minimum atomic E-state index is -0.645. The molecule has 0 atom stereocenters. The maximum atomic E-state index is 2.61. The molecule has 12 aromatic carbocycles. The second kappa shape index (κ2) is 17.2. The average molecular weight is 1120 g/mol. The standard InChI is InChI=1S/C85H66N2/c1-81(2)65-29-15-9-23-55(65)59-43-39-51(47-73(59)81)86(52-40-44-60-56-24-10-16-30-66(56)82(3,4)74(60)48-52)77-37-21-35-71-79(77)63-27-13-19-33-69(63)85(71)70-34-20-14-28-64(70)80-72(85)36-22-38-78(80)87(53-41-45-61-57-25-11-17-31-67(57)83(5,6)75(61)49-53)54-42-46-62-58-26-12-18-32-68(58)84(7,8)76(62)50-54/h9-50H,1-8H3. The van der Waals surface area contributed by atoms with Gasteiger partial charge in [0, 0.05) is 55.5 Å². The van der Waals surface area contributed by atoms with Crippen LogP contribution in [0.3, 0.4) is 0 Å². The van der Waals surface area contributed by atoms with E-state index in [2.05, 4.69) is 320 Å². The van der Waals surface area contributed by atoms with Gasteiger partial charge >= 0.3 is 0 Å². The Morgan fingerprint density at radius 3 is 0.713 bits per heavy atom. The molecule has 12 aromatic rings. The van der Waals surface area contributed by atoms with E-state index in [1.54, 1.807) is 0 Å². The first-order valence-electron chi connectivity index (χ1n) is 31.2. The van der Waals surface area contributed by atoms with Gasteiger partial charge in [-0.1, -0.05) is 250 Å². The number of hydrogen-bond acceptors (Lipinski definition) is 2. The van der Waals surface area contributed by atoms with Gasteiger partial charge in [0.15, 0.2) is 0 Å². The zero-order valence-electron chi connectivity index (χ0n) is 50.6. The second-order valence-corrected chi connectivity index (χ2v) is 27.5. The molecule has 6 aliphatic rings. The summed E-state index contributed by atoms with van der Waals surface area (Å²) < 4.78 is 0. The highest BCUT2D eigenvalue weighted by molar-refractivity contribution is 6.05. The third-order valence-corrected chi connectivity index (χ3v) is 21.9. The molecule has 1 spiro atoms. The number of hydrogen-bond donors (Lipinski definition) is 0. The van der Waals surface area contributed by atoms with Crippen molar-refractivity contribution in [3.63, 3.8) is 0 Å². The Balaban J connectivity index is 0.881. The molecule has 87 heavy (non-hydrogen) atoms. The largest absolute Gasteiger partial charge is 0.310 e. The molecular formula is C85H66N2. The normalized spacial score (nSPS) is 16.3. The maximum absolute atomic E-state index is 2.61. The van der Waals surface area contributed by atoms with Crippen molar-refractivity contribution in [2.24, 2.45) is 0 Å². The molecule has 0 saturated carbocycles. The lowest BCUT2D eigenvalue weighted by Crippen LogP contribution is -2.26. The first kappa shape index (κ1) is 50.6. The van der Waals surface area contributed by atoms with Crippen LogP contribution in [0.5, 0.6) is 0 Å². The fourth-order valence-electron chi connectivity index (χ4n) is 17.8. The highest BCUT2D eigenvalue weighted by Crippen LogP contribution is 2.67. The summed E-state index contributed by atoms with van der Waals surface area (Å²) in [5.41, 5.74) is 37.4. The van der Waals surface area contributed by atoms with Crippen LogP contribution in [0.15, 0.2) is 255 Å². The molecule has 6 aliphatic carbocycles. The van der Waals surface area contributed by atoms with E-state index < -0.39 is 5.41 Å². The van der Waals surface area contributed by atoms with Crippen LogP contribution in [-0.4, -0.2) is 0 Å². The van der Waals surface area contributed by atoms with Crippen molar-refractivity contribution in [2.45, 2.75) is 82.5 Å². The molecule has 0 unspecified atom stereocenters. The summed E-state index contributed by atoms with van der Waals surface area (Å²) in [6, 6.07) is 98.4. The maximum Gasteiger partial charge on any atom is 0.0727 e. The van der Waals surface area contributed by atoms with E-state index in [1.165, 1.54) is 145 Å². The second-order valence-electron chi connectivity index (χ2n) is 27.5. The fourth-order valence-corrected chi connectivity index (χ4v) is 17.8. The van der Waals surface area contributed by atoms with Crippen LogP contribution in [0, 0.1) is 0 Å². The first-order valence-corrected chi connectivity index (χ1v) is 31.2. The third-order valence-electron chi connectivity index (χ3n) is 21.9. The van der Waals surface area contributed by atoms with Crippen molar-refractivity contribution in [1.82, 2.24) is 0 Å². The summed E-state index contributed by atoms with van der Waals surface area (Å²) >= 11 is 0. The summed E-state index contributed by atoms with van der Waals surface area (Å²) in [4.78, 5) is 5.21. The number of fused-ring (bicyclic) bond motifs is 22. The zero-order valence-corrected chi connectivity index (χ0v) is 50.6. The first-order chi connectivity index (χ1) is 42.2. The topological polar surface area (TPSA) is 6.48 Å². The van der Waals surface area contributed by atoms with E-state index in [9.17, 15) is 0 Å². The predicted octanol–water partition coefficient (Wildman–Crippen LogP) is 22.2. The summed E-state index contributed by atoms with van der Waals surface area (Å²) in [5, 5.41) is 0. The van der Waals surface area contributed by atoms with Gasteiger partial charge in [0.25, 0.3) is 0 Å². The molecule has 416 valence electrons. The molecule has 0 heterocycles. The number of anilines is 6. The van der Waals surface area contributed by atoms with Crippen molar-refractivity contribution in [3.8, 4) is 66.8 Å². The molecule has 0 aliphatic heterocycles. The summed E-state index contributed by atoms with van der Waals surface area (Å²) in [6.07, 6.45) is 0. The lowest BCUT2D eigenvalue weighted by Gasteiger charge is -2.33. The average Bonchev–Trinajstić information content (AvgIpc) is 1.51. The Morgan fingerprint density at radius 1 is 0.195 bits per heavy atom. The van der Waals surface area contributed by atoms with Gasteiger partial charge in [0.05, 0.1) is 16.8 Å². The van der Waals surface area contributed by atoms with Crippen molar-refractivity contribution < 1.29 is 0 Å². The van der Waals surface area contributed by atoms with Crippen molar-refractivity contribution >= 4 is 34.1 Å². The Labute approximate surface area is 511 Å². The van der Waals surface area contributed by atoms with Crippen LogP contribution < -0.4 is 9.80 Å². The monoisotopic (exact) mass is 1110 g/mol. The third kappa shape index (κ3) is 6.40. The highest BCUT2D eigenvalue weighted by Gasteiger charge is 2.54. The van der Waals surface area contributed by atoms with Crippen molar-refractivity contribution in [1.29, 1.82) is 0 Å². The highest BCUT2D eigenvalue weighted by atomic mass is 15.2. The van der Waals surface area contributed by atoms with Crippen LogP contribution >= 0.6 is 0 Å². The molecule has 2 heteroatoms. The van der Waals surface area contributed by atoms with Gasteiger partial charge in [0.1, 0.15) is 0 Å². The van der Waals surface area contributed by atoms with Gasteiger partial charge in [-0.2, -0.15) is 0 Å². The molecule has 0 radical (unpaired) electrons. The zero-order chi connectivity index (χ0) is 58.7. The number of benzene rings is 12. The molecule has 0 aromatic heterocycles. The van der Waals surface area contributed by atoms with Crippen molar-refractivity contribution in [2.75, 3.05) is 9.80 Å². The van der Waals surface area contributed by atoms with Gasteiger partial charge in [0.2, 0.25) is 0 Å². The Hall–Kier alpha value is -9.76. The van der Waals surface area contributed by atoms with Crippen LogP contribution in [0.1, 0.15) is 122 Å². The lowest BCUT2D eigenvalue weighted by atomic mass is 9.70. The van der Waals surface area contributed by atoms with Crippen LogP contribution in [-0.2, 0) is 27.1 Å². The molecule has 0 saturated heterocycles. The van der Waals surface area contributed by atoms with Gasteiger partial charge in [-0.25, -0.2) is 0 Å². The Morgan fingerprint density at radius 2 is 0.425 bits per heavy atom. The molecule has 2 nitrogen and oxygen atoms in total. The molecule has 18 rings (SSSR count). The molecule has 0 amide bonds. The summed E-state index contributed by atoms with van der Waals surface area (Å²) in [7, 11) is 0. The molecular weight excluding hydrogens is 1050 g/mol. The number of rotatable bonds is 6. The predicted molar refractivity (Wildman–Crippen MR) is 362 cm³/mol. The smallest absolute Gasteiger partial charge is 0.0727 e.